The molecule has 0 bridgehead atoms. The average molecular weight is 510 g/mol. The van der Waals surface area contributed by atoms with Crippen LogP contribution in [0, 0.1) is 0 Å². The predicted octanol–water partition coefficient (Wildman–Crippen LogP) is 4.85. The van der Waals surface area contributed by atoms with E-state index in [4.69, 9.17) is 21.1 Å². The Morgan fingerprint density at radius 1 is 1.03 bits per heavy atom. The van der Waals surface area contributed by atoms with Gasteiger partial charge in [0.25, 0.3) is 11.7 Å². The van der Waals surface area contributed by atoms with E-state index < -0.39 is 17.7 Å². The molecule has 1 aliphatic rings. The summed E-state index contributed by atoms with van der Waals surface area (Å²) in [5.41, 5.74) is 1.06. The smallest absolute Gasteiger partial charge is 0.295 e. The molecule has 0 aliphatic carbocycles. The van der Waals surface area contributed by atoms with Crippen LogP contribution in [0.3, 0.4) is 0 Å². The molecule has 1 fully saturated rings. The second-order valence-corrected chi connectivity index (χ2v) is 8.66. The number of nitrogens with zero attached hydrogens (tertiary/aromatic N) is 3. The van der Waals surface area contributed by atoms with E-state index in [1.54, 1.807) is 55.0 Å². The van der Waals surface area contributed by atoms with Gasteiger partial charge in [0.05, 0.1) is 31.2 Å². The average Bonchev–Trinajstić information content (AvgIpc) is 3.48. The number of Topliss-reactive ketones (excluding diaryl/α,β-unsaturated/α-hetero) is 1. The fraction of sp³-hybridized carbons (Fsp3) is 0.296. The molecule has 0 radical (unpaired) electrons. The predicted molar refractivity (Wildman–Crippen MR) is 136 cm³/mol. The molecule has 36 heavy (non-hydrogen) atoms. The van der Waals surface area contributed by atoms with Crippen molar-refractivity contribution in [2.45, 2.75) is 32.9 Å². The van der Waals surface area contributed by atoms with Crippen LogP contribution in [0.5, 0.6) is 11.5 Å². The van der Waals surface area contributed by atoms with Gasteiger partial charge in [-0.25, -0.2) is 4.98 Å². The lowest BCUT2D eigenvalue weighted by molar-refractivity contribution is -0.139. The van der Waals surface area contributed by atoms with Crippen molar-refractivity contribution < 1.29 is 24.2 Å². The molecule has 4 rings (SSSR count). The summed E-state index contributed by atoms with van der Waals surface area (Å²) >= 11 is 6.00. The molecule has 0 saturated carbocycles. The number of hydrogen-bond acceptors (Lipinski definition) is 6. The summed E-state index contributed by atoms with van der Waals surface area (Å²) in [5.74, 6) is -0.570. The van der Waals surface area contributed by atoms with Gasteiger partial charge in [-0.2, -0.15) is 0 Å². The standard InChI is InChI=1S/C27H28ClN3O5/c1-3-35-21-11-8-19(16-22(21)36-4-2)24-23(25(32)18-6-9-20(28)10-7-18)26(33)27(34)31(24)14-5-13-30-15-12-29-17-30/h6-12,15-17,24,32H,3-5,13-14H2,1-2H3/b25-23+/t24-/m1/s1. The van der Waals surface area contributed by atoms with Crippen molar-refractivity contribution in [1.82, 2.24) is 14.5 Å². The SMILES string of the molecule is CCOc1ccc([C@@H]2/C(=C(\O)c3ccc(Cl)cc3)C(=O)C(=O)N2CCCn2ccnc2)cc1OCC. The molecule has 1 aromatic heterocycles. The Kier molecular flexibility index (Phi) is 7.95. The number of halogens is 1. The molecule has 2 aromatic carbocycles. The minimum absolute atomic E-state index is 0.0246. The fourth-order valence-corrected chi connectivity index (χ4v) is 4.43. The van der Waals surface area contributed by atoms with Crippen LogP contribution in [0.2, 0.25) is 5.02 Å². The molecule has 2 heterocycles. The fourth-order valence-electron chi connectivity index (χ4n) is 4.30. The minimum Gasteiger partial charge on any atom is -0.507 e. The van der Waals surface area contributed by atoms with Crippen molar-refractivity contribution in [3.8, 4) is 11.5 Å². The van der Waals surface area contributed by atoms with Gasteiger partial charge in [-0.15, -0.1) is 0 Å². The van der Waals surface area contributed by atoms with Crippen molar-refractivity contribution in [2.75, 3.05) is 19.8 Å². The number of carbonyl (C=O) groups is 2. The Balaban J connectivity index is 1.77. The molecule has 3 aromatic rings. The molecule has 1 atom stereocenters. The summed E-state index contributed by atoms with van der Waals surface area (Å²) in [6, 6.07) is 11.0. The minimum atomic E-state index is -0.793. The van der Waals surface area contributed by atoms with E-state index in [2.05, 4.69) is 4.98 Å². The van der Waals surface area contributed by atoms with E-state index in [1.165, 1.54) is 4.90 Å². The first-order chi connectivity index (χ1) is 17.4. The zero-order valence-corrected chi connectivity index (χ0v) is 20.9. The number of aliphatic hydroxyl groups excluding tert-OH is 1. The second-order valence-electron chi connectivity index (χ2n) is 8.23. The van der Waals surface area contributed by atoms with Crippen molar-refractivity contribution in [2.24, 2.45) is 0 Å². The largest absolute Gasteiger partial charge is 0.507 e. The topological polar surface area (TPSA) is 93.9 Å². The lowest BCUT2D eigenvalue weighted by Gasteiger charge is -2.26. The van der Waals surface area contributed by atoms with Gasteiger partial charge in [-0.3, -0.25) is 9.59 Å². The highest BCUT2D eigenvalue weighted by atomic mass is 35.5. The van der Waals surface area contributed by atoms with Crippen LogP contribution in [0.1, 0.15) is 37.4 Å². The summed E-state index contributed by atoms with van der Waals surface area (Å²) in [5, 5.41) is 11.7. The van der Waals surface area contributed by atoms with Crippen LogP contribution in [0.15, 0.2) is 66.8 Å². The maximum absolute atomic E-state index is 13.2. The van der Waals surface area contributed by atoms with E-state index in [0.29, 0.717) is 60.4 Å². The Labute approximate surface area is 214 Å². The van der Waals surface area contributed by atoms with E-state index in [0.717, 1.165) is 0 Å². The Hall–Kier alpha value is -3.78. The summed E-state index contributed by atoms with van der Waals surface area (Å²) in [4.78, 5) is 32.0. The first-order valence-corrected chi connectivity index (χ1v) is 12.2. The first-order valence-electron chi connectivity index (χ1n) is 11.8. The number of ether oxygens (including phenoxy) is 2. The van der Waals surface area contributed by atoms with Crippen LogP contribution < -0.4 is 9.47 Å². The maximum Gasteiger partial charge on any atom is 0.295 e. The number of benzene rings is 2. The molecule has 0 unspecified atom stereocenters. The molecular formula is C27H28ClN3O5. The van der Waals surface area contributed by atoms with Crippen molar-refractivity contribution in [3.05, 3.63) is 82.9 Å². The van der Waals surface area contributed by atoms with Gasteiger partial charge in [0, 0.05) is 36.1 Å². The highest BCUT2D eigenvalue weighted by Gasteiger charge is 2.46. The number of aryl methyl sites for hydroxylation is 1. The monoisotopic (exact) mass is 509 g/mol. The number of aromatic nitrogens is 2. The Bertz CT molecular complexity index is 1250. The summed E-state index contributed by atoms with van der Waals surface area (Å²) in [6.45, 7) is 5.56. The quantitative estimate of drug-likeness (QED) is 0.238. The van der Waals surface area contributed by atoms with Gasteiger partial charge in [-0.05, 0) is 62.2 Å². The van der Waals surface area contributed by atoms with Crippen LogP contribution in [-0.4, -0.2) is 51.0 Å². The highest BCUT2D eigenvalue weighted by molar-refractivity contribution is 6.46. The molecule has 188 valence electrons. The first kappa shape index (κ1) is 25.3. The molecular weight excluding hydrogens is 482 g/mol. The van der Waals surface area contributed by atoms with E-state index in [9.17, 15) is 14.7 Å². The van der Waals surface area contributed by atoms with Crippen molar-refractivity contribution in [1.29, 1.82) is 0 Å². The van der Waals surface area contributed by atoms with E-state index >= 15 is 0 Å². The molecule has 9 heteroatoms. The van der Waals surface area contributed by atoms with E-state index in [1.807, 2.05) is 24.6 Å². The van der Waals surface area contributed by atoms with Gasteiger partial charge in [0.1, 0.15) is 5.76 Å². The van der Waals surface area contributed by atoms with Gasteiger partial charge < -0.3 is 24.0 Å². The Morgan fingerprint density at radius 3 is 2.42 bits per heavy atom. The highest BCUT2D eigenvalue weighted by Crippen LogP contribution is 2.42. The number of imidazole rings is 1. The lowest BCUT2D eigenvalue weighted by atomic mass is 9.95. The third kappa shape index (κ3) is 5.23. The van der Waals surface area contributed by atoms with Gasteiger partial charge in [0.15, 0.2) is 11.5 Å². The Morgan fingerprint density at radius 2 is 1.75 bits per heavy atom. The van der Waals surface area contributed by atoms with Crippen molar-refractivity contribution >= 4 is 29.1 Å². The van der Waals surface area contributed by atoms with Crippen LogP contribution in [0.25, 0.3) is 5.76 Å². The third-order valence-corrected chi connectivity index (χ3v) is 6.17. The van der Waals surface area contributed by atoms with Gasteiger partial charge in [0.2, 0.25) is 0 Å². The van der Waals surface area contributed by atoms with Gasteiger partial charge >= 0.3 is 0 Å². The van der Waals surface area contributed by atoms with Crippen LogP contribution in [0.4, 0.5) is 0 Å². The zero-order valence-electron chi connectivity index (χ0n) is 20.2. The van der Waals surface area contributed by atoms with Crippen molar-refractivity contribution in [3.63, 3.8) is 0 Å². The molecule has 1 N–H and O–H groups in total. The van der Waals surface area contributed by atoms with Gasteiger partial charge in [-0.1, -0.05) is 17.7 Å². The molecule has 1 saturated heterocycles. The zero-order chi connectivity index (χ0) is 25.7. The molecule has 1 aliphatic heterocycles. The lowest BCUT2D eigenvalue weighted by Crippen LogP contribution is -2.31. The number of ketones is 1. The van der Waals surface area contributed by atoms with Crippen LogP contribution in [-0.2, 0) is 16.1 Å². The second kappa shape index (κ2) is 11.3. The summed E-state index contributed by atoms with van der Waals surface area (Å²) in [7, 11) is 0. The number of carbonyl (C=O) groups excluding carboxylic acids is 2. The normalized spacial score (nSPS) is 17.0. The number of hydrogen-bond donors (Lipinski definition) is 1. The number of likely N-dealkylation sites (tertiary alicyclic amines) is 1. The number of rotatable bonds is 10. The molecule has 8 nitrogen and oxygen atoms in total. The molecule has 1 amide bonds. The number of aliphatic hydroxyl groups is 1. The van der Waals surface area contributed by atoms with E-state index in [-0.39, 0.29) is 11.3 Å². The summed E-state index contributed by atoms with van der Waals surface area (Å²) in [6.07, 6.45) is 5.82. The molecule has 0 spiro atoms. The maximum atomic E-state index is 13.2. The third-order valence-electron chi connectivity index (χ3n) is 5.92. The van der Waals surface area contributed by atoms with Crippen LogP contribution >= 0.6 is 11.6 Å². The summed E-state index contributed by atoms with van der Waals surface area (Å²) < 4.78 is 13.4. The number of amides is 1.